The molecule has 8 heteroatoms. The molecule has 1 amide bonds. The zero-order valence-electron chi connectivity index (χ0n) is 23.4. The Bertz CT molecular complexity index is 1470. The van der Waals surface area contributed by atoms with E-state index in [2.05, 4.69) is 42.0 Å². The van der Waals surface area contributed by atoms with Gasteiger partial charge < -0.3 is 9.64 Å². The van der Waals surface area contributed by atoms with Gasteiger partial charge in [0, 0.05) is 24.9 Å². The fourth-order valence-electron chi connectivity index (χ4n) is 4.65. The molecule has 0 spiro atoms. The van der Waals surface area contributed by atoms with Gasteiger partial charge in [0.2, 0.25) is 0 Å². The van der Waals surface area contributed by atoms with Crippen molar-refractivity contribution in [1.29, 1.82) is 5.26 Å². The van der Waals surface area contributed by atoms with E-state index in [0.29, 0.717) is 30.4 Å². The maximum atomic E-state index is 12.8. The van der Waals surface area contributed by atoms with Crippen molar-refractivity contribution in [2.45, 2.75) is 64.5 Å². The lowest BCUT2D eigenvalue weighted by Gasteiger charge is -2.33. The van der Waals surface area contributed by atoms with Gasteiger partial charge in [-0.25, -0.2) is 9.78 Å². The molecule has 1 unspecified atom stereocenters. The first-order valence-corrected chi connectivity index (χ1v) is 13.2. The number of fused-ring (bicyclic) bond motifs is 1. The van der Waals surface area contributed by atoms with Gasteiger partial charge in [-0.05, 0) is 77.1 Å². The predicted molar refractivity (Wildman–Crippen MR) is 156 cm³/mol. The summed E-state index contributed by atoms with van der Waals surface area (Å²) in [5.74, 6) is 1.25. The molecular weight excluding hydrogens is 488 g/mol. The van der Waals surface area contributed by atoms with Gasteiger partial charge in [0.15, 0.2) is 0 Å². The molecule has 0 N–H and O–H groups in total. The Morgan fingerprint density at radius 3 is 2.62 bits per heavy atom. The number of carbonyl (C=O) groups is 1. The minimum absolute atomic E-state index is 0.166. The zero-order chi connectivity index (χ0) is 28.2. The molecule has 39 heavy (non-hydrogen) atoms. The van der Waals surface area contributed by atoms with Crippen molar-refractivity contribution in [2.24, 2.45) is 9.98 Å². The van der Waals surface area contributed by atoms with E-state index in [1.165, 1.54) is 0 Å². The zero-order valence-corrected chi connectivity index (χ0v) is 23.4. The van der Waals surface area contributed by atoms with Crippen molar-refractivity contribution in [3.63, 3.8) is 0 Å². The second-order valence-electron chi connectivity index (χ2n) is 11.3. The van der Waals surface area contributed by atoms with Crippen molar-refractivity contribution >= 4 is 29.4 Å². The van der Waals surface area contributed by atoms with Crippen LogP contribution in [0.1, 0.15) is 53.2 Å². The molecule has 2 aromatic carbocycles. The number of imidazole rings is 1. The van der Waals surface area contributed by atoms with Crippen molar-refractivity contribution in [3.8, 4) is 17.5 Å². The Balaban J connectivity index is 1.82. The van der Waals surface area contributed by atoms with Crippen LogP contribution in [0.2, 0.25) is 0 Å². The fraction of sp³-hybridized carbons (Fsp3) is 0.387. The fourth-order valence-corrected chi connectivity index (χ4v) is 4.65. The average Bonchev–Trinajstić information content (AvgIpc) is 3.36. The van der Waals surface area contributed by atoms with E-state index in [4.69, 9.17) is 14.7 Å². The normalized spacial score (nSPS) is 16.9. The molecule has 0 radical (unpaired) electrons. The Morgan fingerprint density at radius 2 is 1.92 bits per heavy atom. The van der Waals surface area contributed by atoms with Gasteiger partial charge in [0.05, 0.1) is 29.4 Å². The number of carbonyl (C=O) groups excluding carboxylic acids is 1. The van der Waals surface area contributed by atoms with E-state index in [-0.39, 0.29) is 12.1 Å². The highest BCUT2D eigenvalue weighted by Gasteiger charge is 2.31. The molecule has 1 fully saturated rings. The lowest BCUT2D eigenvalue weighted by atomic mass is 9.91. The number of benzene rings is 2. The monoisotopic (exact) mass is 524 g/mol. The van der Waals surface area contributed by atoms with E-state index in [1.807, 2.05) is 57.4 Å². The molecule has 1 aromatic heterocycles. The number of nitrogens with zero attached hydrogens (tertiary/aromatic N) is 6. The summed E-state index contributed by atoms with van der Waals surface area (Å²) in [5, 5.41) is 12.2. The van der Waals surface area contributed by atoms with Gasteiger partial charge in [0.25, 0.3) is 0 Å². The topological polar surface area (TPSA) is 95.9 Å². The molecule has 1 aliphatic heterocycles. The van der Waals surface area contributed by atoms with Gasteiger partial charge in [-0.15, -0.1) is 0 Å². The minimum atomic E-state index is -0.840. The first-order chi connectivity index (χ1) is 18.5. The minimum Gasteiger partial charge on any atom is -0.444 e. The predicted octanol–water partition coefficient (Wildman–Crippen LogP) is 6.36. The van der Waals surface area contributed by atoms with E-state index in [1.54, 1.807) is 23.4 Å². The number of allylic oxidation sites excluding steroid dienone is 1. The van der Waals surface area contributed by atoms with Crippen LogP contribution >= 0.6 is 0 Å². The first-order valence-electron chi connectivity index (χ1n) is 13.2. The number of nitriles is 1. The quantitative estimate of drug-likeness (QED) is 0.286. The third-order valence-corrected chi connectivity index (χ3v) is 6.61. The molecule has 3 aromatic rings. The smallest absolute Gasteiger partial charge is 0.410 e. The average molecular weight is 525 g/mol. The summed E-state index contributed by atoms with van der Waals surface area (Å²) < 4.78 is 7.54. The van der Waals surface area contributed by atoms with E-state index in [9.17, 15) is 10.1 Å². The summed E-state index contributed by atoms with van der Waals surface area (Å²) in [6.45, 7) is 14.0. The maximum Gasteiger partial charge on any atom is 0.410 e. The summed E-state index contributed by atoms with van der Waals surface area (Å²) in [6.07, 6.45) is 6.39. The van der Waals surface area contributed by atoms with Crippen LogP contribution in [0.15, 0.2) is 70.9 Å². The summed E-state index contributed by atoms with van der Waals surface area (Å²) >= 11 is 0. The molecule has 1 saturated heterocycles. The molecule has 202 valence electrons. The molecule has 1 aliphatic rings. The van der Waals surface area contributed by atoms with Crippen LogP contribution in [0.3, 0.4) is 0 Å². The highest BCUT2D eigenvalue weighted by Crippen LogP contribution is 2.30. The number of aliphatic imine (C=N–C) groups is 2. The summed E-state index contributed by atoms with van der Waals surface area (Å²) in [7, 11) is 0. The third-order valence-electron chi connectivity index (χ3n) is 6.61. The Morgan fingerprint density at radius 1 is 1.18 bits per heavy atom. The molecule has 0 bridgehead atoms. The van der Waals surface area contributed by atoms with Crippen molar-refractivity contribution < 1.29 is 9.53 Å². The third kappa shape index (κ3) is 6.43. The largest absolute Gasteiger partial charge is 0.444 e. The van der Waals surface area contributed by atoms with Gasteiger partial charge in [-0.2, -0.15) is 5.26 Å². The summed E-state index contributed by atoms with van der Waals surface area (Å²) in [5.41, 5.74) is 0.203. The van der Waals surface area contributed by atoms with Crippen LogP contribution in [-0.4, -0.2) is 57.8 Å². The number of hydrogen-bond acceptors (Lipinski definition) is 6. The molecule has 4 rings (SSSR count). The second-order valence-corrected chi connectivity index (χ2v) is 11.3. The molecule has 2 heterocycles. The number of amides is 1. The first kappa shape index (κ1) is 27.8. The number of piperidine rings is 1. The number of hydrogen-bond donors (Lipinski definition) is 0. The van der Waals surface area contributed by atoms with Crippen LogP contribution in [0.4, 0.5) is 4.79 Å². The summed E-state index contributed by atoms with van der Waals surface area (Å²) in [6, 6.07) is 16.6. The molecule has 8 nitrogen and oxygen atoms in total. The van der Waals surface area contributed by atoms with Crippen LogP contribution in [0.25, 0.3) is 22.2 Å². The van der Waals surface area contributed by atoms with Crippen LogP contribution < -0.4 is 0 Å². The number of aromatic nitrogens is 2. The molecule has 0 saturated carbocycles. The molecular formula is C31H36N6O2. The standard InChI is InChI=1S/C31H36N6O2/c1-30(2,3)39-29(38)36-17-9-12-25(20-36)35-27(15-16-33-6)37-26(31(4,5)21-32)19-34-28(37)24-14-13-22-10-7-8-11-23(22)18-24/h7-8,10-11,13-16,18-19,25H,6,9,12,17,20H2,1-5H3/b16-15-,35-27+. The van der Waals surface area contributed by atoms with Crippen LogP contribution in [0.5, 0.6) is 0 Å². The van der Waals surface area contributed by atoms with E-state index >= 15 is 0 Å². The number of rotatable bonds is 5. The lowest BCUT2D eigenvalue weighted by Crippen LogP contribution is -2.44. The number of likely N-dealkylation sites (tertiary alicyclic amines) is 1. The SMILES string of the molecule is C=N/C=C\C(=N/C1CCCN(C(=O)OC(C)(C)C)C1)n1c(C(C)(C)C#N)cnc1-c1ccc2ccccc2c1. The van der Waals surface area contributed by atoms with Crippen LogP contribution in [0, 0.1) is 11.3 Å². The lowest BCUT2D eigenvalue weighted by molar-refractivity contribution is 0.0201. The highest BCUT2D eigenvalue weighted by molar-refractivity contribution is 5.98. The van der Waals surface area contributed by atoms with E-state index < -0.39 is 11.0 Å². The maximum absolute atomic E-state index is 12.8. The highest BCUT2D eigenvalue weighted by atomic mass is 16.6. The Kier molecular flexibility index (Phi) is 8.01. The van der Waals surface area contributed by atoms with Gasteiger partial charge >= 0.3 is 6.09 Å². The van der Waals surface area contributed by atoms with Crippen molar-refractivity contribution in [2.75, 3.05) is 13.1 Å². The number of ether oxygens (including phenoxy) is 1. The van der Waals surface area contributed by atoms with Crippen molar-refractivity contribution in [3.05, 3.63) is 66.6 Å². The van der Waals surface area contributed by atoms with Gasteiger partial charge in [0.1, 0.15) is 17.3 Å². The molecule has 1 atom stereocenters. The summed E-state index contributed by atoms with van der Waals surface area (Å²) in [4.78, 5) is 28.3. The Labute approximate surface area is 230 Å². The van der Waals surface area contributed by atoms with Crippen LogP contribution in [-0.2, 0) is 10.2 Å². The second kappa shape index (κ2) is 11.2. The Hall–Kier alpha value is -4.25. The van der Waals surface area contributed by atoms with Gasteiger partial charge in [-0.1, -0.05) is 36.4 Å². The van der Waals surface area contributed by atoms with Gasteiger partial charge in [-0.3, -0.25) is 14.6 Å². The van der Waals surface area contributed by atoms with E-state index in [0.717, 1.165) is 29.2 Å². The molecule has 0 aliphatic carbocycles. The van der Waals surface area contributed by atoms with Crippen molar-refractivity contribution in [1.82, 2.24) is 14.5 Å².